The molecule has 1 aromatic carbocycles. The van der Waals surface area contributed by atoms with Gasteiger partial charge in [0.15, 0.2) is 4.32 Å². The maximum absolute atomic E-state index is 12.5. The molecule has 0 bridgehead atoms. The highest BCUT2D eigenvalue weighted by Crippen LogP contribution is 2.32. The SMILES string of the molecule is Cc1ccc(/C=C2/SC(=S)N(NC(=O)Nc3ccc(Cl)c(Cl)c3)C2=O)s1. The second-order valence-corrected chi connectivity index (χ2v) is 8.97. The predicted octanol–water partition coefficient (Wildman–Crippen LogP) is 5.30. The molecule has 0 radical (unpaired) electrons. The molecule has 10 heteroatoms. The summed E-state index contributed by atoms with van der Waals surface area (Å²) in [6, 6.07) is 7.94. The van der Waals surface area contributed by atoms with Crippen LogP contribution in [-0.2, 0) is 4.79 Å². The number of carbonyl (C=O) groups is 2. The maximum atomic E-state index is 12.5. The standard InChI is InChI=1S/C16H11Cl2N3O2S3/c1-8-2-4-10(25-8)7-13-14(22)21(16(24)26-13)20-15(23)19-9-3-5-11(17)12(18)6-9/h2-7H,1H3,(H2,19,20,23)/b13-7+. The van der Waals surface area contributed by atoms with Gasteiger partial charge in [-0.15, -0.1) is 11.3 Å². The number of halogens is 2. The predicted molar refractivity (Wildman–Crippen MR) is 113 cm³/mol. The van der Waals surface area contributed by atoms with Crippen LogP contribution in [0.3, 0.4) is 0 Å². The lowest BCUT2D eigenvalue weighted by Gasteiger charge is -2.16. The van der Waals surface area contributed by atoms with E-state index in [-0.39, 0.29) is 10.2 Å². The molecule has 1 fully saturated rings. The van der Waals surface area contributed by atoms with Gasteiger partial charge in [-0.2, -0.15) is 5.01 Å². The molecule has 0 atom stereocenters. The number of thiocarbonyl (C=S) groups is 1. The minimum atomic E-state index is -0.618. The molecule has 1 aromatic heterocycles. The van der Waals surface area contributed by atoms with Crippen molar-refractivity contribution in [1.29, 1.82) is 0 Å². The van der Waals surface area contributed by atoms with Crippen molar-refractivity contribution in [2.24, 2.45) is 0 Å². The third-order valence-electron chi connectivity index (χ3n) is 3.22. The minimum absolute atomic E-state index is 0.249. The normalized spacial score (nSPS) is 15.7. The van der Waals surface area contributed by atoms with E-state index in [1.165, 1.54) is 6.07 Å². The highest BCUT2D eigenvalue weighted by molar-refractivity contribution is 8.26. The molecule has 1 aliphatic rings. The first-order chi connectivity index (χ1) is 12.3. The van der Waals surface area contributed by atoms with E-state index in [9.17, 15) is 9.59 Å². The molecule has 26 heavy (non-hydrogen) atoms. The van der Waals surface area contributed by atoms with Crippen LogP contribution >= 0.6 is 58.5 Å². The Morgan fingerprint density at radius 1 is 1.23 bits per heavy atom. The molecule has 0 aliphatic carbocycles. The van der Waals surface area contributed by atoms with Gasteiger partial charge in [-0.25, -0.2) is 10.2 Å². The monoisotopic (exact) mass is 443 g/mol. The summed E-state index contributed by atoms with van der Waals surface area (Å²) in [6.45, 7) is 1.99. The minimum Gasteiger partial charge on any atom is -0.307 e. The summed E-state index contributed by atoms with van der Waals surface area (Å²) < 4.78 is 0.249. The zero-order chi connectivity index (χ0) is 18.8. The molecular weight excluding hydrogens is 433 g/mol. The molecule has 2 N–H and O–H groups in total. The van der Waals surface area contributed by atoms with Gasteiger partial charge in [0.1, 0.15) is 0 Å². The van der Waals surface area contributed by atoms with E-state index in [2.05, 4.69) is 10.7 Å². The fourth-order valence-corrected chi connectivity index (χ4v) is 4.42. The smallest absolute Gasteiger partial charge is 0.307 e. The van der Waals surface area contributed by atoms with Crippen molar-refractivity contribution >= 4 is 86.5 Å². The van der Waals surface area contributed by atoms with Gasteiger partial charge >= 0.3 is 6.03 Å². The highest BCUT2D eigenvalue weighted by atomic mass is 35.5. The summed E-state index contributed by atoms with van der Waals surface area (Å²) >= 11 is 19.6. The van der Waals surface area contributed by atoms with Gasteiger partial charge in [0, 0.05) is 15.4 Å². The lowest BCUT2D eigenvalue weighted by atomic mass is 10.3. The van der Waals surface area contributed by atoms with Crippen molar-refractivity contribution in [2.45, 2.75) is 6.92 Å². The molecule has 2 aromatic rings. The molecule has 1 saturated heterocycles. The summed E-state index contributed by atoms with van der Waals surface area (Å²) in [6.07, 6.45) is 1.76. The number of carbonyl (C=O) groups excluding carboxylic acids is 2. The number of rotatable bonds is 3. The number of thioether (sulfide) groups is 1. The number of urea groups is 1. The van der Waals surface area contributed by atoms with Crippen molar-refractivity contribution in [1.82, 2.24) is 10.4 Å². The van der Waals surface area contributed by atoms with E-state index < -0.39 is 6.03 Å². The van der Waals surface area contributed by atoms with Crippen LogP contribution in [0.15, 0.2) is 35.2 Å². The summed E-state index contributed by atoms with van der Waals surface area (Å²) in [5.74, 6) is -0.379. The number of hydrogen-bond donors (Lipinski definition) is 2. The van der Waals surface area contributed by atoms with E-state index in [1.54, 1.807) is 29.5 Å². The Morgan fingerprint density at radius 3 is 2.65 bits per heavy atom. The zero-order valence-electron chi connectivity index (χ0n) is 13.2. The first-order valence-corrected chi connectivity index (χ1v) is 10.0. The second kappa shape index (κ2) is 7.98. The lowest BCUT2D eigenvalue weighted by Crippen LogP contribution is -2.46. The zero-order valence-corrected chi connectivity index (χ0v) is 17.2. The van der Waals surface area contributed by atoms with Crippen LogP contribution in [0.4, 0.5) is 10.5 Å². The molecule has 3 rings (SSSR count). The Kier molecular flexibility index (Phi) is 5.89. The number of nitrogens with one attached hydrogen (secondary N) is 2. The molecule has 3 amide bonds. The van der Waals surface area contributed by atoms with E-state index >= 15 is 0 Å². The second-order valence-electron chi connectivity index (χ2n) is 5.16. The molecule has 5 nitrogen and oxygen atoms in total. The number of anilines is 1. The number of nitrogens with zero attached hydrogens (tertiary/aromatic N) is 1. The van der Waals surface area contributed by atoms with Gasteiger partial charge in [0.2, 0.25) is 0 Å². The van der Waals surface area contributed by atoms with E-state index in [0.717, 1.165) is 26.5 Å². The Hall–Kier alpha value is -1.58. The fraction of sp³-hybridized carbons (Fsp3) is 0.0625. The molecule has 0 spiro atoms. The van der Waals surface area contributed by atoms with E-state index in [4.69, 9.17) is 35.4 Å². The quantitative estimate of drug-likeness (QED) is 0.498. The fourth-order valence-electron chi connectivity index (χ4n) is 2.06. The third-order valence-corrected chi connectivity index (χ3v) is 6.21. The van der Waals surface area contributed by atoms with Crippen molar-refractivity contribution in [3.63, 3.8) is 0 Å². The van der Waals surface area contributed by atoms with Crippen LogP contribution in [0, 0.1) is 6.92 Å². The summed E-state index contributed by atoms with van der Waals surface area (Å²) in [5.41, 5.74) is 2.88. The topological polar surface area (TPSA) is 61.4 Å². The number of amides is 3. The maximum Gasteiger partial charge on any atom is 0.338 e. The van der Waals surface area contributed by atoms with Crippen LogP contribution in [0.25, 0.3) is 6.08 Å². The van der Waals surface area contributed by atoms with Crippen molar-refractivity contribution in [3.05, 3.63) is 55.0 Å². The number of hydrogen-bond acceptors (Lipinski definition) is 5. The van der Waals surface area contributed by atoms with Crippen LogP contribution < -0.4 is 10.7 Å². The van der Waals surface area contributed by atoms with Gasteiger partial charge < -0.3 is 5.32 Å². The Bertz CT molecular complexity index is 943. The van der Waals surface area contributed by atoms with Gasteiger partial charge in [0.25, 0.3) is 5.91 Å². The van der Waals surface area contributed by atoms with Crippen LogP contribution in [-0.4, -0.2) is 21.3 Å². The summed E-state index contributed by atoms with van der Waals surface area (Å²) in [5, 5.41) is 4.30. The van der Waals surface area contributed by atoms with Crippen LogP contribution in [0.2, 0.25) is 10.0 Å². The summed E-state index contributed by atoms with van der Waals surface area (Å²) in [7, 11) is 0. The number of aryl methyl sites for hydroxylation is 1. The largest absolute Gasteiger partial charge is 0.338 e. The van der Waals surface area contributed by atoms with Crippen LogP contribution in [0.1, 0.15) is 9.75 Å². The van der Waals surface area contributed by atoms with E-state index in [1.807, 2.05) is 19.1 Å². The van der Waals surface area contributed by atoms with Gasteiger partial charge in [0.05, 0.1) is 15.0 Å². The number of benzene rings is 1. The van der Waals surface area contributed by atoms with Crippen molar-refractivity contribution in [2.75, 3.05) is 5.32 Å². The molecule has 0 unspecified atom stereocenters. The molecular formula is C16H11Cl2N3O2S3. The van der Waals surface area contributed by atoms with Crippen molar-refractivity contribution < 1.29 is 9.59 Å². The molecule has 134 valence electrons. The van der Waals surface area contributed by atoms with E-state index in [0.29, 0.717) is 20.6 Å². The van der Waals surface area contributed by atoms with Gasteiger partial charge in [-0.3, -0.25) is 4.79 Å². The number of thiophene rings is 1. The summed E-state index contributed by atoms with van der Waals surface area (Å²) in [4.78, 5) is 27.2. The third kappa shape index (κ3) is 4.39. The van der Waals surface area contributed by atoms with Crippen molar-refractivity contribution in [3.8, 4) is 0 Å². The lowest BCUT2D eigenvalue weighted by molar-refractivity contribution is -0.123. The average Bonchev–Trinajstić information content (AvgIpc) is 3.09. The molecule has 1 aliphatic heterocycles. The molecule has 2 heterocycles. The Labute approximate surface area is 173 Å². The Balaban J connectivity index is 1.68. The highest BCUT2D eigenvalue weighted by Gasteiger charge is 2.33. The first-order valence-electron chi connectivity index (χ1n) is 7.20. The van der Waals surface area contributed by atoms with Crippen LogP contribution in [0.5, 0.6) is 0 Å². The Morgan fingerprint density at radius 2 is 2.00 bits per heavy atom. The average molecular weight is 444 g/mol. The number of hydrazine groups is 1. The van der Waals surface area contributed by atoms with Gasteiger partial charge in [-0.05, 0) is 55.5 Å². The van der Waals surface area contributed by atoms with Gasteiger partial charge in [-0.1, -0.05) is 35.0 Å². The first kappa shape index (κ1) is 19.2. The molecule has 0 saturated carbocycles.